The Kier molecular flexibility index (Phi) is 4.61. The van der Waals surface area contributed by atoms with Gasteiger partial charge in [0.25, 0.3) is 0 Å². The van der Waals surface area contributed by atoms with Crippen molar-refractivity contribution in [3.05, 3.63) is 71.8 Å². The normalized spacial score (nSPS) is 12.3. The first-order valence-electron chi connectivity index (χ1n) is 9.27. The molecular weight excluding hydrogens is 386 g/mol. The SMILES string of the molecule is Cc1nc(NCc2ccc3c(c2)OCO3)sc1-c1ccn(Cc2ccncc2)n1. The van der Waals surface area contributed by atoms with E-state index < -0.39 is 0 Å². The molecule has 0 radical (unpaired) electrons. The summed E-state index contributed by atoms with van der Waals surface area (Å²) in [4.78, 5) is 9.79. The van der Waals surface area contributed by atoms with Gasteiger partial charge in [-0.3, -0.25) is 9.67 Å². The summed E-state index contributed by atoms with van der Waals surface area (Å²) in [5, 5.41) is 8.99. The lowest BCUT2D eigenvalue weighted by Gasteiger charge is -2.04. The van der Waals surface area contributed by atoms with Crippen LogP contribution in [-0.2, 0) is 13.1 Å². The average Bonchev–Trinajstić information content (AvgIpc) is 3.46. The number of benzene rings is 1. The Hall–Kier alpha value is -3.39. The van der Waals surface area contributed by atoms with Crippen molar-refractivity contribution >= 4 is 16.5 Å². The van der Waals surface area contributed by atoms with Crippen molar-refractivity contribution in [1.82, 2.24) is 19.7 Å². The van der Waals surface area contributed by atoms with Gasteiger partial charge in [0.1, 0.15) is 5.69 Å². The van der Waals surface area contributed by atoms with Crippen LogP contribution in [0.1, 0.15) is 16.8 Å². The van der Waals surface area contributed by atoms with Crippen molar-refractivity contribution in [1.29, 1.82) is 0 Å². The van der Waals surface area contributed by atoms with E-state index in [1.165, 1.54) is 5.56 Å². The van der Waals surface area contributed by atoms with Crippen LogP contribution in [0.4, 0.5) is 5.13 Å². The van der Waals surface area contributed by atoms with Gasteiger partial charge < -0.3 is 14.8 Å². The predicted molar refractivity (Wildman–Crippen MR) is 111 cm³/mol. The molecule has 29 heavy (non-hydrogen) atoms. The van der Waals surface area contributed by atoms with Crippen molar-refractivity contribution in [2.24, 2.45) is 0 Å². The van der Waals surface area contributed by atoms with Crippen LogP contribution >= 0.6 is 11.3 Å². The third kappa shape index (κ3) is 3.79. The van der Waals surface area contributed by atoms with Gasteiger partial charge in [-0.05, 0) is 48.4 Å². The van der Waals surface area contributed by atoms with Crippen LogP contribution in [-0.4, -0.2) is 26.5 Å². The lowest BCUT2D eigenvalue weighted by Crippen LogP contribution is -2.00. The molecule has 1 aliphatic heterocycles. The maximum absolute atomic E-state index is 5.44. The van der Waals surface area contributed by atoms with Crippen molar-refractivity contribution < 1.29 is 9.47 Å². The molecule has 4 heterocycles. The Bertz CT molecular complexity index is 1140. The molecule has 1 N–H and O–H groups in total. The van der Waals surface area contributed by atoms with Crippen molar-refractivity contribution in [2.75, 3.05) is 12.1 Å². The zero-order valence-electron chi connectivity index (χ0n) is 15.8. The van der Waals surface area contributed by atoms with Gasteiger partial charge in [0.05, 0.1) is 17.1 Å². The number of rotatable bonds is 6. The quantitative estimate of drug-likeness (QED) is 0.521. The molecule has 0 amide bonds. The molecule has 1 aromatic carbocycles. The molecule has 0 saturated carbocycles. The van der Waals surface area contributed by atoms with E-state index in [2.05, 4.69) is 15.3 Å². The molecule has 7 nitrogen and oxygen atoms in total. The lowest BCUT2D eigenvalue weighted by molar-refractivity contribution is 0.174. The van der Waals surface area contributed by atoms with E-state index in [1.807, 2.05) is 54.2 Å². The van der Waals surface area contributed by atoms with Crippen LogP contribution in [0, 0.1) is 6.92 Å². The van der Waals surface area contributed by atoms with Gasteiger partial charge in [0, 0.05) is 25.1 Å². The zero-order chi connectivity index (χ0) is 19.6. The minimum atomic E-state index is 0.287. The summed E-state index contributed by atoms with van der Waals surface area (Å²) in [5.74, 6) is 1.59. The maximum atomic E-state index is 5.44. The first-order chi connectivity index (χ1) is 14.2. The topological polar surface area (TPSA) is 74.1 Å². The predicted octanol–water partition coefficient (Wildman–Crippen LogP) is 4.10. The number of fused-ring (bicyclic) bond motifs is 1. The van der Waals surface area contributed by atoms with Gasteiger partial charge in [0.15, 0.2) is 16.6 Å². The molecule has 0 bridgehead atoms. The number of nitrogens with zero attached hydrogens (tertiary/aromatic N) is 4. The van der Waals surface area contributed by atoms with Gasteiger partial charge in [-0.25, -0.2) is 4.98 Å². The van der Waals surface area contributed by atoms with Crippen LogP contribution in [0.15, 0.2) is 55.0 Å². The van der Waals surface area contributed by atoms with Crippen molar-refractivity contribution in [3.63, 3.8) is 0 Å². The monoisotopic (exact) mass is 405 g/mol. The molecule has 4 aromatic rings. The van der Waals surface area contributed by atoms with Crippen LogP contribution in [0.3, 0.4) is 0 Å². The molecule has 5 rings (SSSR count). The second-order valence-corrected chi connectivity index (χ2v) is 7.73. The molecule has 146 valence electrons. The fourth-order valence-electron chi connectivity index (χ4n) is 3.18. The molecule has 3 aromatic heterocycles. The Morgan fingerprint density at radius 2 is 1.93 bits per heavy atom. The molecule has 0 unspecified atom stereocenters. The number of hydrogen-bond acceptors (Lipinski definition) is 7. The highest BCUT2D eigenvalue weighted by Gasteiger charge is 2.15. The smallest absolute Gasteiger partial charge is 0.231 e. The fourth-order valence-corrected chi connectivity index (χ4v) is 4.11. The van der Waals surface area contributed by atoms with E-state index in [0.29, 0.717) is 6.54 Å². The van der Waals surface area contributed by atoms with E-state index in [0.717, 1.165) is 45.0 Å². The van der Waals surface area contributed by atoms with E-state index >= 15 is 0 Å². The van der Waals surface area contributed by atoms with Crippen molar-refractivity contribution in [2.45, 2.75) is 20.0 Å². The van der Waals surface area contributed by atoms with E-state index in [4.69, 9.17) is 14.6 Å². The van der Waals surface area contributed by atoms with Crippen LogP contribution in [0.2, 0.25) is 0 Å². The molecule has 0 aliphatic carbocycles. The largest absolute Gasteiger partial charge is 0.454 e. The van der Waals surface area contributed by atoms with E-state index in [-0.39, 0.29) is 6.79 Å². The third-order valence-electron chi connectivity index (χ3n) is 4.64. The number of hydrogen-bond donors (Lipinski definition) is 1. The fraction of sp³-hybridized carbons (Fsp3) is 0.190. The van der Waals surface area contributed by atoms with Crippen molar-refractivity contribution in [3.8, 4) is 22.1 Å². The third-order valence-corrected chi connectivity index (χ3v) is 5.78. The maximum Gasteiger partial charge on any atom is 0.231 e. The lowest BCUT2D eigenvalue weighted by atomic mass is 10.2. The molecule has 0 saturated heterocycles. The molecule has 0 spiro atoms. The molecular formula is C21H19N5O2S. The highest BCUT2D eigenvalue weighted by Crippen LogP contribution is 2.34. The molecule has 1 aliphatic rings. The highest BCUT2D eigenvalue weighted by molar-refractivity contribution is 7.19. The Morgan fingerprint density at radius 3 is 2.83 bits per heavy atom. The van der Waals surface area contributed by atoms with Crippen LogP contribution in [0.25, 0.3) is 10.6 Å². The Balaban J connectivity index is 1.28. The minimum Gasteiger partial charge on any atom is -0.454 e. The zero-order valence-corrected chi connectivity index (χ0v) is 16.6. The molecule has 8 heteroatoms. The number of pyridine rings is 1. The molecule has 0 fully saturated rings. The summed E-state index contributed by atoms with van der Waals surface area (Å²) >= 11 is 1.61. The summed E-state index contributed by atoms with van der Waals surface area (Å²) < 4.78 is 12.7. The van der Waals surface area contributed by atoms with Crippen LogP contribution < -0.4 is 14.8 Å². The summed E-state index contributed by atoms with van der Waals surface area (Å²) in [5.41, 5.74) is 4.19. The number of anilines is 1. The first-order valence-corrected chi connectivity index (χ1v) is 10.1. The van der Waals surface area contributed by atoms with Gasteiger partial charge in [-0.15, -0.1) is 0 Å². The van der Waals surface area contributed by atoms with E-state index in [1.54, 1.807) is 23.7 Å². The second kappa shape index (κ2) is 7.56. The number of thiazole rings is 1. The summed E-state index contributed by atoms with van der Waals surface area (Å²) in [6.45, 7) is 3.68. The second-order valence-electron chi connectivity index (χ2n) is 6.73. The summed E-state index contributed by atoms with van der Waals surface area (Å²) in [6, 6.07) is 12.0. The van der Waals surface area contributed by atoms with Crippen LogP contribution in [0.5, 0.6) is 11.5 Å². The average molecular weight is 405 g/mol. The van der Waals surface area contributed by atoms with Gasteiger partial charge in [-0.1, -0.05) is 17.4 Å². The van der Waals surface area contributed by atoms with Gasteiger partial charge in [0.2, 0.25) is 6.79 Å². The standard InChI is InChI=1S/C21H19N5O2S/c1-14-20(17-6-9-26(25-17)12-15-4-7-22-8-5-15)29-21(24-14)23-11-16-2-3-18-19(10-16)28-13-27-18/h2-10H,11-13H2,1H3,(H,23,24). The number of ether oxygens (including phenoxy) is 2. The van der Waals surface area contributed by atoms with Gasteiger partial charge >= 0.3 is 0 Å². The van der Waals surface area contributed by atoms with Gasteiger partial charge in [-0.2, -0.15) is 5.10 Å². The Labute approximate surface area is 172 Å². The summed E-state index contributed by atoms with van der Waals surface area (Å²) in [7, 11) is 0. The number of aromatic nitrogens is 4. The number of aryl methyl sites for hydroxylation is 1. The minimum absolute atomic E-state index is 0.287. The first kappa shape index (κ1) is 17.7. The Morgan fingerprint density at radius 1 is 1.07 bits per heavy atom. The molecule has 0 atom stereocenters. The summed E-state index contributed by atoms with van der Waals surface area (Å²) in [6.07, 6.45) is 5.59. The van der Waals surface area contributed by atoms with E-state index in [9.17, 15) is 0 Å². The highest BCUT2D eigenvalue weighted by atomic mass is 32.1. The number of nitrogens with one attached hydrogen (secondary N) is 1.